The van der Waals surface area contributed by atoms with Gasteiger partial charge in [-0.05, 0) is 41.6 Å². The van der Waals surface area contributed by atoms with E-state index in [0.29, 0.717) is 22.9 Å². The van der Waals surface area contributed by atoms with Gasteiger partial charge in [0.1, 0.15) is 18.2 Å². The van der Waals surface area contributed by atoms with Gasteiger partial charge in [-0.25, -0.2) is 4.39 Å². The van der Waals surface area contributed by atoms with E-state index in [0.717, 1.165) is 5.56 Å². The number of carbonyl (C=O) groups is 1. The number of nitrogens with zero attached hydrogens (tertiary/aromatic N) is 2. The summed E-state index contributed by atoms with van der Waals surface area (Å²) < 4.78 is 20.6. The molecule has 0 fully saturated rings. The third-order valence-electron chi connectivity index (χ3n) is 4.56. The lowest BCUT2D eigenvalue weighted by Gasteiger charge is -2.05. The molecule has 0 saturated carbocycles. The molecule has 30 heavy (non-hydrogen) atoms. The zero-order valence-corrected chi connectivity index (χ0v) is 17.2. The SMILES string of the molecule is Cc1ccccc1Cn1cc(NC(=O)c2cc(COc3cccc(F)c3)cs2)cn1. The summed E-state index contributed by atoms with van der Waals surface area (Å²) in [6, 6.07) is 15.9. The number of nitrogens with one attached hydrogen (secondary N) is 1. The lowest BCUT2D eigenvalue weighted by Crippen LogP contribution is -2.09. The molecule has 1 amide bonds. The van der Waals surface area contributed by atoms with Crippen molar-refractivity contribution in [2.75, 3.05) is 5.32 Å². The van der Waals surface area contributed by atoms with Gasteiger partial charge in [0.2, 0.25) is 0 Å². The van der Waals surface area contributed by atoms with Gasteiger partial charge in [-0.3, -0.25) is 9.48 Å². The molecule has 4 rings (SSSR count). The molecule has 0 saturated heterocycles. The third-order valence-corrected chi connectivity index (χ3v) is 5.54. The van der Waals surface area contributed by atoms with E-state index in [1.165, 1.54) is 34.6 Å². The minimum Gasteiger partial charge on any atom is -0.489 e. The van der Waals surface area contributed by atoms with Crippen molar-refractivity contribution in [1.29, 1.82) is 0 Å². The van der Waals surface area contributed by atoms with Crippen molar-refractivity contribution >= 4 is 22.9 Å². The molecule has 0 aliphatic heterocycles. The quantitative estimate of drug-likeness (QED) is 0.442. The second-order valence-corrected chi connectivity index (χ2v) is 7.78. The van der Waals surface area contributed by atoms with Gasteiger partial charge in [0, 0.05) is 17.8 Å². The second kappa shape index (κ2) is 8.92. The normalized spacial score (nSPS) is 10.7. The molecule has 0 atom stereocenters. The van der Waals surface area contributed by atoms with E-state index >= 15 is 0 Å². The Balaban J connectivity index is 1.34. The van der Waals surface area contributed by atoms with Crippen LogP contribution in [0.2, 0.25) is 0 Å². The van der Waals surface area contributed by atoms with Crippen molar-refractivity contribution in [3.8, 4) is 5.75 Å². The van der Waals surface area contributed by atoms with Gasteiger partial charge in [-0.15, -0.1) is 11.3 Å². The highest BCUT2D eigenvalue weighted by molar-refractivity contribution is 7.12. The molecule has 152 valence electrons. The van der Waals surface area contributed by atoms with E-state index in [-0.39, 0.29) is 18.3 Å². The first-order valence-electron chi connectivity index (χ1n) is 9.41. The Morgan fingerprint density at radius 1 is 1.20 bits per heavy atom. The Bertz CT molecular complexity index is 1170. The molecule has 1 N–H and O–H groups in total. The summed E-state index contributed by atoms with van der Waals surface area (Å²) >= 11 is 1.33. The van der Waals surface area contributed by atoms with Crippen LogP contribution in [0.3, 0.4) is 0 Å². The second-order valence-electron chi connectivity index (χ2n) is 6.87. The fourth-order valence-electron chi connectivity index (χ4n) is 2.96. The maximum atomic E-state index is 13.2. The number of halogens is 1. The maximum Gasteiger partial charge on any atom is 0.265 e. The van der Waals surface area contributed by atoms with Crippen LogP contribution in [0.15, 0.2) is 72.4 Å². The Hall–Kier alpha value is -3.45. The van der Waals surface area contributed by atoms with Crippen LogP contribution in [-0.2, 0) is 13.2 Å². The van der Waals surface area contributed by atoms with Gasteiger partial charge in [0.15, 0.2) is 0 Å². The molecule has 2 aromatic heterocycles. The van der Waals surface area contributed by atoms with Crippen LogP contribution < -0.4 is 10.1 Å². The topological polar surface area (TPSA) is 56.2 Å². The van der Waals surface area contributed by atoms with Gasteiger partial charge in [0.05, 0.1) is 23.3 Å². The van der Waals surface area contributed by atoms with Crippen LogP contribution >= 0.6 is 11.3 Å². The highest BCUT2D eigenvalue weighted by Gasteiger charge is 2.11. The van der Waals surface area contributed by atoms with Crippen LogP contribution in [0.25, 0.3) is 0 Å². The first kappa shape index (κ1) is 19.8. The van der Waals surface area contributed by atoms with E-state index in [1.807, 2.05) is 23.7 Å². The zero-order valence-electron chi connectivity index (χ0n) is 16.3. The fourth-order valence-corrected chi connectivity index (χ4v) is 3.76. The molecule has 0 bridgehead atoms. The Labute approximate surface area is 177 Å². The summed E-state index contributed by atoms with van der Waals surface area (Å²) in [5.41, 5.74) is 3.87. The lowest BCUT2D eigenvalue weighted by molar-refractivity contribution is 0.103. The van der Waals surface area contributed by atoms with E-state index in [9.17, 15) is 9.18 Å². The molecule has 2 aromatic carbocycles. The minimum atomic E-state index is -0.346. The molecule has 4 aromatic rings. The highest BCUT2D eigenvalue weighted by atomic mass is 32.1. The summed E-state index contributed by atoms with van der Waals surface area (Å²) in [6.45, 7) is 2.97. The number of aromatic nitrogens is 2. The number of benzene rings is 2. The van der Waals surface area contributed by atoms with Crippen LogP contribution in [0.5, 0.6) is 5.75 Å². The van der Waals surface area contributed by atoms with Crippen molar-refractivity contribution in [3.63, 3.8) is 0 Å². The smallest absolute Gasteiger partial charge is 0.265 e. The van der Waals surface area contributed by atoms with Gasteiger partial charge in [-0.2, -0.15) is 5.10 Å². The van der Waals surface area contributed by atoms with Crippen LogP contribution in [0.1, 0.15) is 26.4 Å². The van der Waals surface area contributed by atoms with E-state index < -0.39 is 0 Å². The molecule has 0 aliphatic rings. The van der Waals surface area contributed by atoms with Crippen LogP contribution in [0, 0.1) is 12.7 Å². The molecule has 0 radical (unpaired) electrons. The van der Waals surface area contributed by atoms with E-state index in [2.05, 4.69) is 29.5 Å². The van der Waals surface area contributed by atoms with Crippen LogP contribution in [-0.4, -0.2) is 15.7 Å². The largest absolute Gasteiger partial charge is 0.489 e. The Kier molecular flexibility index (Phi) is 5.90. The number of ether oxygens (including phenoxy) is 1. The summed E-state index contributed by atoms with van der Waals surface area (Å²) in [4.78, 5) is 13.1. The molecular formula is C23H20FN3O2S. The summed E-state index contributed by atoms with van der Waals surface area (Å²) in [5.74, 6) is -0.0958. The summed E-state index contributed by atoms with van der Waals surface area (Å²) in [6.07, 6.45) is 3.45. The van der Waals surface area contributed by atoms with Gasteiger partial charge in [-0.1, -0.05) is 30.3 Å². The molecule has 0 aliphatic carbocycles. The number of thiophene rings is 1. The Morgan fingerprint density at radius 3 is 2.90 bits per heavy atom. The predicted octanol–water partition coefficient (Wildman–Crippen LogP) is 5.27. The number of rotatable bonds is 7. The summed E-state index contributed by atoms with van der Waals surface area (Å²) in [5, 5.41) is 9.06. The fraction of sp³-hybridized carbons (Fsp3) is 0.130. The lowest BCUT2D eigenvalue weighted by atomic mass is 10.1. The van der Waals surface area contributed by atoms with Crippen molar-refractivity contribution in [3.05, 3.63) is 99.8 Å². The van der Waals surface area contributed by atoms with Crippen LogP contribution in [0.4, 0.5) is 10.1 Å². The van der Waals surface area contributed by atoms with E-state index in [1.54, 1.807) is 29.1 Å². The number of hydrogen-bond acceptors (Lipinski definition) is 4. The number of anilines is 1. The van der Waals surface area contributed by atoms with Crippen molar-refractivity contribution in [2.45, 2.75) is 20.1 Å². The summed E-state index contributed by atoms with van der Waals surface area (Å²) in [7, 11) is 0. The van der Waals surface area contributed by atoms with Crippen molar-refractivity contribution in [2.24, 2.45) is 0 Å². The molecular weight excluding hydrogens is 401 g/mol. The number of hydrogen-bond donors (Lipinski definition) is 1. The average Bonchev–Trinajstić information content (AvgIpc) is 3.38. The predicted molar refractivity (Wildman–Crippen MR) is 116 cm³/mol. The zero-order chi connectivity index (χ0) is 20.9. The van der Waals surface area contributed by atoms with Crippen molar-refractivity contribution in [1.82, 2.24) is 9.78 Å². The standard InChI is InChI=1S/C23H20FN3O2S/c1-16-5-2-3-6-18(16)12-27-13-20(11-25-27)26-23(28)22-9-17(15-30-22)14-29-21-8-4-7-19(24)10-21/h2-11,13,15H,12,14H2,1H3,(H,26,28). The average molecular weight is 421 g/mol. The number of carbonyl (C=O) groups excluding carboxylic acids is 1. The minimum absolute atomic E-state index is 0.201. The van der Waals surface area contributed by atoms with Gasteiger partial charge in [0.25, 0.3) is 5.91 Å². The third kappa shape index (κ3) is 4.93. The van der Waals surface area contributed by atoms with Gasteiger partial charge < -0.3 is 10.1 Å². The monoisotopic (exact) mass is 421 g/mol. The molecule has 2 heterocycles. The van der Waals surface area contributed by atoms with Gasteiger partial charge >= 0.3 is 0 Å². The molecule has 5 nitrogen and oxygen atoms in total. The maximum absolute atomic E-state index is 13.2. The number of amides is 1. The first-order chi connectivity index (χ1) is 14.6. The molecule has 0 unspecified atom stereocenters. The molecule has 0 spiro atoms. The highest BCUT2D eigenvalue weighted by Crippen LogP contribution is 2.20. The Morgan fingerprint density at radius 2 is 2.07 bits per heavy atom. The number of aryl methyl sites for hydroxylation is 1. The van der Waals surface area contributed by atoms with E-state index in [4.69, 9.17) is 4.74 Å². The van der Waals surface area contributed by atoms with Crippen molar-refractivity contribution < 1.29 is 13.9 Å². The molecule has 7 heteroatoms. The first-order valence-corrected chi connectivity index (χ1v) is 10.3.